The second kappa shape index (κ2) is 5.98. The second-order valence-corrected chi connectivity index (χ2v) is 4.41. The van der Waals surface area contributed by atoms with E-state index in [1.54, 1.807) is 12.1 Å². The van der Waals surface area contributed by atoms with Gasteiger partial charge in [-0.25, -0.2) is 0 Å². The molecule has 88 valence electrons. The van der Waals surface area contributed by atoms with E-state index in [4.69, 9.17) is 10.2 Å². The summed E-state index contributed by atoms with van der Waals surface area (Å²) in [5.74, 6) is -0.293. The fourth-order valence-electron chi connectivity index (χ4n) is 1.29. The third kappa shape index (κ3) is 3.30. The number of rotatable bonds is 4. The molecule has 1 aromatic rings. The number of halogens is 1. The molecule has 0 aliphatic rings. The molecule has 0 saturated carbocycles. The Morgan fingerprint density at radius 1 is 1.44 bits per heavy atom. The Hall–Kier alpha value is -0.910. The summed E-state index contributed by atoms with van der Waals surface area (Å²) in [4.78, 5) is 11.8. The third-order valence-electron chi connectivity index (χ3n) is 2.21. The Bertz CT molecular complexity index is 377. The lowest BCUT2D eigenvalue weighted by Gasteiger charge is -2.14. The summed E-state index contributed by atoms with van der Waals surface area (Å²) in [5, 5.41) is 20.2. The highest BCUT2D eigenvalue weighted by atomic mass is 79.9. The van der Waals surface area contributed by atoms with Gasteiger partial charge in [0.25, 0.3) is 5.91 Å². The van der Waals surface area contributed by atoms with Crippen LogP contribution in [0.4, 0.5) is 0 Å². The van der Waals surface area contributed by atoms with Crippen LogP contribution in [0.2, 0.25) is 0 Å². The van der Waals surface area contributed by atoms with E-state index in [0.29, 0.717) is 5.56 Å². The molecular formula is C11H14BrNO3. The second-order valence-electron chi connectivity index (χ2n) is 3.49. The Morgan fingerprint density at radius 3 is 2.56 bits per heavy atom. The molecule has 0 aromatic heterocycles. The van der Waals surface area contributed by atoms with Gasteiger partial charge < -0.3 is 15.5 Å². The van der Waals surface area contributed by atoms with Crippen molar-refractivity contribution in [3.8, 4) is 0 Å². The van der Waals surface area contributed by atoms with Crippen molar-refractivity contribution in [2.45, 2.75) is 13.0 Å². The van der Waals surface area contributed by atoms with E-state index in [1.807, 2.05) is 13.0 Å². The normalized spacial score (nSPS) is 10.6. The summed E-state index contributed by atoms with van der Waals surface area (Å²) < 4.78 is 0.905. The van der Waals surface area contributed by atoms with Crippen LogP contribution in [0.3, 0.4) is 0 Å². The van der Waals surface area contributed by atoms with Crippen molar-refractivity contribution in [3.63, 3.8) is 0 Å². The minimum Gasteiger partial charge on any atom is -0.394 e. The molecule has 4 nitrogen and oxygen atoms in total. The molecule has 0 unspecified atom stereocenters. The quantitative estimate of drug-likeness (QED) is 0.769. The fourth-order valence-corrected chi connectivity index (χ4v) is 1.77. The lowest BCUT2D eigenvalue weighted by Crippen LogP contribution is -2.40. The van der Waals surface area contributed by atoms with E-state index < -0.39 is 6.04 Å². The highest BCUT2D eigenvalue weighted by Crippen LogP contribution is 2.15. The van der Waals surface area contributed by atoms with Crippen molar-refractivity contribution < 1.29 is 15.0 Å². The minimum atomic E-state index is -0.615. The highest BCUT2D eigenvalue weighted by molar-refractivity contribution is 9.10. The number of carbonyl (C=O) groups is 1. The van der Waals surface area contributed by atoms with Gasteiger partial charge in [-0.3, -0.25) is 4.79 Å². The van der Waals surface area contributed by atoms with E-state index in [-0.39, 0.29) is 19.1 Å². The van der Waals surface area contributed by atoms with Crippen LogP contribution < -0.4 is 5.32 Å². The fraction of sp³-hybridized carbons (Fsp3) is 0.364. The van der Waals surface area contributed by atoms with Gasteiger partial charge in [-0.1, -0.05) is 15.9 Å². The Morgan fingerprint density at radius 2 is 2.06 bits per heavy atom. The predicted molar refractivity (Wildman–Crippen MR) is 64.3 cm³/mol. The van der Waals surface area contributed by atoms with Gasteiger partial charge in [0.15, 0.2) is 0 Å². The van der Waals surface area contributed by atoms with Crippen LogP contribution in [0.15, 0.2) is 22.7 Å². The van der Waals surface area contributed by atoms with Crippen LogP contribution in [0.1, 0.15) is 15.9 Å². The molecule has 1 rings (SSSR count). The molecule has 1 aromatic carbocycles. The molecule has 0 fully saturated rings. The molecule has 0 saturated heterocycles. The van der Waals surface area contributed by atoms with Gasteiger partial charge in [0.1, 0.15) is 0 Å². The van der Waals surface area contributed by atoms with Gasteiger partial charge in [-0.2, -0.15) is 0 Å². The first-order valence-corrected chi connectivity index (χ1v) is 5.66. The highest BCUT2D eigenvalue weighted by Gasteiger charge is 2.13. The molecule has 1 amide bonds. The van der Waals surface area contributed by atoms with Crippen LogP contribution in [0.5, 0.6) is 0 Å². The Balaban J connectivity index is 2.80. The number of carbonyl (C=O) groups excluding carboxylic acids is 1. The first-order valence-electron chi connectivity index (χ1n) is 4.87. The van der Waals surface area contributed by atoms with Crippen molar-refractivity contribution in [1.29, 1.82) is 0 Å². The molecule has 0 aliphatic carbocycles. The van der Waals surface area contributed by atoms with Gasteiger partial charge >= 0.3 is 0 Å². The molecule has 5 heteroatoms. The zero-order chi connectivity index (χ0) is 12.1. The standard InChI is InChI=1S/C11H14BrNO3/c1-7-4-8(12)2-3-10(7)11(16)13-9(5-14)6-15/h2-4,9,14-15H,5-6H2,1H3,(H,13,16). The number of aliphatic hydroxyl groups is 2. The lowest BCUT2D eigenvalue weighted by molar-refractivity contribution is 0.0879. The van der Waals surface area contributed by atoms with Gasteiger partial charge in [-0.15, -0.1) is 0 Å². The number of nitrogens with one attached hydrogen (secondary N) is 1. The third-order valence-corrected chi connectivity index (χ3v) is 2.70. The zero-order valence-corrected chi connectivity index (χ0v) is 10.5. The molecule has 0 aliphatic heterocycles. The summed E-state index contributed by atoms with van der Waals surface area (Å²) >= 11 is 3.31. The molecule has 3 N–H and O–H groups in total. The first kappa shape index (κ1) is 13.2. The van der Waals surface area contributed by atoms with Crippen molar-refractivity contribution in [1.82, 2.24) is 5.32 Å². The van der Waals surface area contributed by atoms with Gasteiger partial charge in [0, 0.05) is 10.0 Å². The number of hydrogen-bond acceptors (Lipinski definition) is 3. The topological polar surface area (TPSA) is 69.6 Å². The van der Waals surface area contributed by atoms with Crippen LogP contribution in [-0.4, -0.2) is 35.4 Å². The van der Waals surface area contributed by atoms with Gasteiger partial charge in [-0.05, 0) is 30.7 Å². The zero-order valence-electron chi connectivity index (χ0n) is 8.90. The largest absolute Gasteiger partial charge is 0.394 e. The summed E-state index contributed by atoms with van der Waals surface area (Å²) in [7, 11) is 0. The molecule has 0 atom stereocenters. The number of benzene rings is 1. The smallest absolute Gasteiger partial charge is 0.251 e. The van der Waals surface area contributed by atoms with Crippen LogP contribution in [0, 0.1) is 6.92 Å². The maximum Gasteiger partial charge on any atom is 0.251 e. The van der Waals surface area contributed by atoms with Crippen molar-refractivity contribution in [2.24, 2.45) is 0 Å². The number of aryl methyl sites for hydroxylation is 1. The maximum absolute atomic E-state index is 11.8. The summed E-state index contributed by atoms with van der Waals surface area (Å²) in [6.07, 6.45) is 0. The summed E-state index contributed by atoms with van der Waals surface area (Å²) in [5.41, 5.74) is 1.37. The molecule has 16 heavy (non-hydrogen) atoms. The summed E-state index contributed by atoms with van der Waals surface area (Å²) in [6.45, 7) is 1.27. The maximum atomic E-state index is 11.8. The average Bonchev–Trinajstić information content (AvgIpc) is 2.25. The number of amides is 1. The first-order chi connectivity index (χ1) is 7.58. The van der Waals surface area contributed by atoms with E-state index >= 15 is 0 Å². The number of hydrogen-bond donors (Lipinski definition) is 3. The van der Waals surface area contributed by atoms with Crippen LogP contribution >= 0.6 is 15.9 Å². The van der Waals surface area contributed by atoms with E-state index in [0.717, 1.165) is 10.0 Å². The Kier molecular flexibility index (Phi) is 4.92. The van der Waals surface area contributed by atoms with Gasteiger partial charge in [0.05, 0.1) is 19.3 Å². The molecule has 0 radical (unpaired) electrons. The van der Waals surface area contributed by atoms with Crippen molar-refractivity contribution in [3.05, 3.63) is 33.8 Å². The monoisotopic (exact) mass is 287 g/mol. The predicted octanol–water partition coefficient (Wildman–Crippen LogP) is 0.841. The SMILES string of the molecule is Cc1cc(Br)ccc1C(=O)NC(CO)CO. The van der Waals surface area contributed by atoms with E-state index in [1.165, 1.54) is 0 Å². The minimum absolute atomic E-state index is 0.280. The number of aliphatic hydroxyl groups excluding tert-OH is 2. The molecule has 0 bridgehead atoms. The van der Waals surface area contributed by atoms with Crippen LogP contribution in [-0.2, 0) is 0 Å². The van der Waals surface area contributed by atoms with Gasteiger partial charge in [0.2, 0.25) is 0 Å². The lowest BCUT2D eigenvalue weighted by atomic mass is 10.1. The van der Waals surface area contributed by atoms with E-state index in [9.17, 15) is 4.79 Å². The molecular weight excluding hydrogens is 274 g/mol. The average molecular weight is 288 g/mol. The van der Waals surface area contributed by atoms with Crippen molar-refractivity contribution >= 4 is 21.8 Å². The molecule has 0 spiro atoms. The van der Waals surface area contributed by atoms with Crippen molar-refractivity contribution in [2.75, 3.05) is 13.2 Å². The van der Waals surface area contributed by atoms with E-state index in [2.05, 4.69) is 21.2 Å². The Labute approximate surface area is 102 Å². The van der Waals surface area contributed by atoms with Crippen LogP contribution in [0.25, 0.3) is 0 Å². The summed E-state index contributed by atoms with van der Waals surface area (Å²) in [6, 6.07) is 4.69. The molecule has 0 heterocycles.